The summed E-state index contributed by atoms with van der Waals surface area (Å²) in [7, 11) is 3.80. The molecule has 0 spiro atoms. The molecule has 0 aromatic carbocycles. The second-order valence-electron chi connectivity index (χ2n) is 5.88. The van der Waals surface area contributed by atoms with E-state index in [-0.39, 0.29) is 11.0 Å². The number of aryl methyl sites for hydroxylation is 1. The van der Waals surface area contributed by atoms with Crippen LogP contribution < -0.4 is 5.56 Å². The zero-order valence-electron chi connectivity index (χ0n) is 12.2. The fourth-order valence-corrected chi connectivity index (χ4v) is 3.06. The highest BCUT2D eigenvalue weighted by molar-refractivity contribution is 8.03. The highest BCUT2D eigenvalue weighted by atomic mass is 32.2. The molecule has 5 heteroatoms. The summed E-state index contributed by atoms with van der Waals surface area (Å²) in [5, 5.41) is 4.24. The van der Waals surface area contributed by atoms with Gasteiger partial charge in [-0.05, 0) is 6.08 Å². The molecule has 1 aromatic heterocycles. The normalized spacial score (nSPS) is 15.8. The van der Waals surface area contributed by atoms with Crippen LogP contribution in [0.15, 0.2) is 15.6 Å². The lowest BCUT2D eigenvalue weighted by molar-refractivity contribution is 0.494. The van der Waals surface area contributed by atoms with Gasteiger partial charge in [0.2, 0.25) is 0 Å². The highest BCUT2D eigenvalue weighted by Gasteiger charge is 2.22. The minimum Gasteiger partial charge on any atom is -0.362 e. The summed E-state index contributed by atoms with van der Waals surface area (Å²) >= 11 is 1.78. The smallest absolute Gasteiger partial charge is 0.274 e. The van der Waals surface area contributed by atoms with Crippen molar-refractivity contribution in [3.63, 3.8) is 0 Å². The molecule has 1 saturated heterocycles. The minimum absolute atomic E-state index is 0.00340. The molecule has 2 heterocycles. The quantitative estimate of drug-likeness (QED) is 0.801. The van der Waals surface area contributed by atoms with Gasteiger partial charge in [-0.3, -0.25) is 14.6 Å². The van der Waals surface area contributed by atoms with E-state index in [0.29, 0.717) is 5.56 Å². The molecule has 4 nitrogen and oxygen atoms in total. The molecule has 0 saturated carbocycles. The van der Waals surface area contributed by atoms with Crippen molar-refractivity contribution in [1.82, 2.24) is 14.7 Å². The Labute approximate surface area is 118 Å². The van der Waals surface area contributed by atoms with Crippen LogP contribution in [0.1, 0.15) is 32.0 Å². The van der Waals surface area contributed by atoms with Crippen molar-refractivity contribution < 1.29 is 0 Å². The van der Waals surface area contributed by atoms with E-state index in [2.05, 4.69) is 43.5 Å². The van der Waals surface area contributed by atoms with Gasteiger partial charge in [0, 0.05) is 31.8 Å². The van der Waals surface area contributed by atoms with Crippen LogP contribution in [0.4, 0.5) is 0 Å². The molecule has 0 unspecified atom stereocenters. The molecule has 0 atom stereocenters. The summed E-state index contributed by atoms with van der Waals surface area (Å²) in [6.45, 7) is 7.33. The Hall–Kier alpha value is -1.32. The molecule has 1 N–H and O–H groups in total. The molecule has 1 aromatic rings. The van der Waals surface area contributed by atoms with Gasteiger partial charge in [-0.2, -0.15) is 0 Å². The molecule has 0 bridgehead atoms. The average molecular weight is 279 g/mol. The molecule has 1 aliphatic rings. The van der Waals surface area contributed by atoms with E-state index in [1.54, 1.807) is 18.8 Å². The third kappa shape index (κ3) is 2.82. The van der Waals surface area contributed by atoms with E-state index >= 15 is 0 Å². The maximum Gasteiger partial charge on any atom is 0.274 e. The van der Waals surface area contributed by atoms with Crippen LogP contribution in [0.5, 0.6) is 0 Å². The molecule has 0 radical (unpaired) electrons. The van der Waals surface area contributed by atoms with Crippen LogP contribution in [-0.4, -0.2) is 34.0 Å². The van der Waals surface area contributed by atoms with Crippen molar-refractivity contribution in [3.8, 4) is 0 Å². The zero-order valence-corrected chi connectivity index (χ0v) is 13.0. The summed E-state index contributed by atoms with van der Waals surface area (Å²) in [5.74, 6) is 1.09. The molecule has 0 aliphatic carbocycles. The van der Waals surface area contributed by atoms with Crippen LogP contribution in [-0.2, 0) is 12.5 Å². The molecule has 1 aliphatic heterocycles. The van der Waals surface area contributed by atoms with Gasteiger partial charge in [0.25, 0.3) is 5.56 Å². The largest absolute Gasteiger partial charge is 0.362 e. The lowest BCUT2D eigenvalue weighted by Crippen LogP contribution is -2.15. The number of nitrogens with zero attached hydrogens (tertiary/aromatic N) is 2. The third-order valence-electron chi connectivity index (χ3n) is 3.19. The van der Waals surface area contributed by atoms with Crippen molar-refractivity contribution in [1.29, 1.82) is 0 Å². The number of aromatic nitrogens is 2. The second-order valence-corrected chi connectivity index (χ2v) is 6.96. The molecule has 0 amide bonds. The minimum atomic E-state index is -0.0900. The molecule has 1 fully saturated rings. The molecule has 104 valence electrons. The molecule has 2 rings (SSSR count). The Morgan fingerprint density at radius 2 is 2.05 bits per heavy atom. The second kappa shape index (κ2) is 4.99. The Bertz CT molecular complexity index is 597. The standard InChI is InChI=1S/C14H21N3OS/c1-14(2,3)12-10(13(18)17(5)15-12)6-7-11-16(4)8-9-19-11/h6,15H,8-9H2,1-5H3. The van der Waals surface area contributed by atoms with E-state index in [0.717, 1.165) is 23.0 Å². The zero-order chi connectivity index (χ0) is 14.2. The van der Waals surface area contributed by atoms with Gasteiger partial charge in [-0.1, -0.05) is 38.3 Å². The van der Waals surface area contributed by atoms with Gasteiger partial charge >= 0.3 is 0 Å². The Kier molecular flexibility index (Phi) is 3.70. The van der Waals surface area contributed by atoms with Gasteiger partial charge in [-0.25, -0.2) is 0 Å². The van der Waals surface area contributed by atoms with Crippen molar-refractivity contribution in [2.45, 2.75) is 26.2 Å². The maximum absolute atomic E-state index is 12.2. The van der Waals surface area contributed by atoms with Crippen molar-refractivity contribution in [2.75, 3.05) is 19.3 Å². The Morgan fingerprint density at radius 1 is 1.37 bits per heavy atom. The van der Waals surface area contributed by atoms with Crippen LogP contribution in [0.2, 0.25) is 0 Å². The van der Waals surface area contributed by atoms with Gasteiger partial charge in [0.15, 0.2) is 0 Å². The SMILES string of the molecule is CN1CCSC1=C=Cc1c(C(C)(C)C)[nH]n(C)c1=O. The van der Waals surface area contributed by atoms with Crippen molar-refractivity contribution >= 4 is 17.8 Å². The third-order valence-corrected chi connectivity index (χ3v) is 4.28. The Morgan fingerprint density at radius 3 is 2.58 bits per heavy atom. The number of hydrogen-bond acceptors (Lipinski definition) is 3. The summed E-state index contributed by atoms with van der Waals surface area (Å²) in [6, 6.07) is 0. The molecular formula is C14H21N3OS. The molecular weight excluding hydrogens is 258 g/mol. The summed E-state index contributed by atoms with van der Waals surface area (Å²) in [6.07, 6.45) is 1.82. The first-order chi connectivity index (χ1) is 8.80. The van der Waals surface area contributed by atoms with Gasteiger partial charge < -0.3 is 4.90 Å². The van der Waals surface area contributed by atoms with Gasteiger partial charge in [-0.15, -0.1) is 0 Å². The number of thioether (sulfide) groups is 1. The summed E-state index contributed by atoms with van der Waals surface area (Å²) < 4.78 is 1.53. The van der Waals surface area contributed by atoms with Crippen molar-refractivity contribution in [2.24, 2.45) is 7.05 Å². The van der Waals surface area contributed by atoms with Gasteiger partial charge in [0.1, 0.15) is 5.03 Å². The topological polar surface area (TPSA) is 41.0 Å². The summed E-state index contributed by atoms with van der Waals surface area (Å²) in [5.41, 5.74) is 4.84. The first-order valence-electron chi connectivity index (χ1n) is 6.41. The lowest BCUT2D eigenvalue weighted by atomic mass is 9.89. The first-order valence-corrected chi connectivity index (χ1v) is 7.39. The molecule has 19 heavy (non-hydrogen) atoms. The Balaban J connectivity index is 2.51. The predicted molar refractivity (Wildman–Crippen MR) is 81.3 cm³/mol. The maximum atomic E-state index is 12.2. The van der Waals surface area contributed by atoms with Crippen LogP contribution in [0.3, 0.4) is 0 Å². The fraction of sp³-hybridized carbons (Fsp3) is 0.571. The number of nitrogens with one attached hydrogen (secondary N) is 1. The average Bonchev–Trinajstić information content (AvgIpc) is 2.82. The first kappa shape index (κ1) is 14.1. The number of rotatable bonds is 1. The van der Waals surface area contributed by atoms with Crippen molar-refractivity contribution in [3.05, 3.63) is 32.4 Å². The van der Waals surface area contributed by atoms with Gasteiger partial charge in [0.05, 0.1) is 11.3 Å². The van der Waals surface area contributed by atoms with Crippen LogP contribution in [0.25, 0.3) is 6.08 Å². The predicted octanol–water partition coefficient (Wildman–Crippen LogP) is 2.14. The van der Waals surface area contributed by atoms with E-state index in [1.165, 1.54) is 4.68 Å². The summed E-state index contributed by atoms with van der Waals surface area (Å²) in [4.78, 5) is 14.3. The van der Waals surface area contributed by atoms with E-state index in [9.17, 15) is 4.79 Å². The number of aromatic amines is 1. The monoisotopic (exact) mass is 279 g/mol. The van der Waals surface area contributed by atoms with E-state index < -0.39 is 0 Å². The van der Waals surface area contributed by atoms with Crippen LogP contribution in [0, 0.1) is 0 Å². The van der Waals surface area contributed by atoms with E-state index in [4.69, 9.17) is 0 Å². The number of H-pyrrole nitrogens is 1. The van der Waals surface area contributed by atoms with E-state index in [1.807, 2.05) is 6.08 Å². The van der Waals surface area contributed by atoms with Crippen LogP contribution >= 0.6 is 11.8 Å². The number of hydrogen-bond donors (Lipinski definition) is 1. The lowest BCUT2D eigenvalue weighted by Gasteiger charge is -2.17. The fourth-order valence-electron chi connectivity index (χ4n) is 2.05. The highest BCUT2D eigenvalue weighted by Crippen LogP contribution is 2.26.